The Kier molecular flexibility index (Phi) is 4.15. The number of sulfonamides is 1. The van der Waals surface area contributed by atoms with E-state index in [9.17, 15) is 13.5 Å². The zero-order valence-corrected chi connectivity index (χ0v) is 12.4. The standard InChI is InChI=1S/C12H12ClNO3S2/c1-8-2-3-10(9(6-8)7-15)14-19(16,17)12-5-4-11(13)18-12/h2-6,14-15H,7H2,1H3. The van der Waals surface area contributed by atoms with Gasteiger partial charge in [-0.3, -0.25) is 4.72 Å². The van der Waals surface area contributed by atoms with E-state index >= 15 is 0 Å². The van der Waals surface area contributed by atoms with Gasteiger partial charge in [-0.25, -0.2) is 8.42 Å². The van der Waals surface area contributed by atoms with E-state index < -0.39 is 10.0 Å². The van der Waals surface area contributed by atoms with Crippen LogP contribution in [-0.2, 0) is 16.6 Å². The molecule has 2 aromatic rings. The molecule has 7 heteroatoms. The number of hydrogen-bond acceptors (Lipinski definition) is 4. The van der Waals surface area contributed by atoms with Gasteiger partial charge in [0.05, 0.1) is 16.6 Å². The van der Waals surface area contributed by atoms with Gasteiger partial charge in [0.1, 0.15) is 4.21 Å². The third kappa shape index (κ3) is 3.27. The molecule has 2 rings (SSSR count). The predicted octanol–water partition coefficient (Wildman–Crippen LogP) is 3.00. The zero-order chi connectivity index (χ0) is 14.0. The lowest BCUT2D eigenvalue weighted by Crippen LogP contribution is -2.13. The van der Waals surface area contributed by atoms with E-state index in [1.54, 1.807) is 18.2 Å². The first-order valence-electron chi connectivity index (χ1n) is 5.41. The van der Waals surface area contributed by atoms with Crippen molar-refractivity contribution in [3.05, 3.63) is 45.8 Å². The molecule has 0 aliphatic rings. The largest absolute Gasteiger partial charge is 0.392 e. The molecule has 0 radical (unpaired) electrons. The Morgan fingerprint density at radius 2 is 2.05 bits per heavy atom. The number of anilines is 1. The van der Waals surface area contributed by atoms with Crippen molar-refractivity contribution in [2.24, 2.45) is 0 Å². The van der Waals surface area contributed by atoms with Crippen molar-refractivity contribution in [3.63, 3.8) is 0 Å². The summed E-state index contributed by atoms with van der Waals surface area (Å²) < 4.78 is 27.3. The molecule has 0 saturated carbocycles. The number of thiophene rings is 1. The van der Waals surface area contributed by atoms with Crippen molar-refractivity contribution in [3.8, 4) is 0 Å². The van der Waals surface area contributed by atoms with Crippen LogP contribution in [0.25, 0.3) is 0 Å². The Morgan fingerprint density at radius 3 is 2.63 bits per heavy atom. The van der Waals surface area contributed by atoms with Crippen LogP contribution in [0.15, 0.2) is 34.5 Å². The summed E-state index contributed by atoms with van der Waals surface area (Å²) in [5.41, 5.74) is 1.86. The summed E-state index contributed by atoms with van der Waals surface area (Å²) in [6.07, 6.45) is 0. The van der Waals surface area contributed by atoms with Crippen molar-refractivity contribution < 1.29 is 13.5 Å². The van der Waals surface area contributed by atoms with Crippen molar-refractivity contribution in [1.29, 1.82) is 0 Å². The summed E-state index contributed by atoms with van der Waals surface area (Å²) in [7, 11) is -3.66. The molecule has 0 bridgehead atoms. The van der Waals surface area contributed by atoms with E-state index in [4.69, 9.17) is 11.6 Å². The van der Waals surface area contributed by atoms with Crippen molar-refractivity contribution in [1.82, 2.24) is 0 Å². The number of aliphatic hydroxyl groups is 1. The van der Waals surface area contributed by atoms with Gasteiger partial charge in [-0.15, -0.1) is 11.3 Å². The van der Waals surface area contributed by atoms with E-state index in [2.05, 4.69) is 4.72 Å². The topological polar surface area (TPSA) is 66.4 Å². The Bertz CT molecular complexity index is 695. The highest BCUT2D eigenvalue weighted by molar-refractivity contribution is 7.94. The fourth-order valence-corrected chi connectivity index (χ4v) is 4.17. The van der Waals surface area contributed by atoms with Crippen molar-refractivity contribution in [2.75, 3.05) is 4.72 Å². The molecule has 0 saturated heterocycles. The number of halogens is 1. The molecule has 0 unspecified atom stereocenters. The fraction of sp³-hybridized carbons (Fsp3) is 0.167. The van der Waals surface area contributed by atoms with Crippen molar-refractivity contribution >= 4 is 38.6 Å². The third-order valence-electron chi connectivity index (χ3n) is 2.49. The molecular formula is C12H12ClNO3S2. The van der Waals surface area contributed by atoms with Gasteiger partial charge >= 0.3 is 0 Å². The second-order valence-electron chi connectivity index (χ2n) is 3.98. The highest BCUT2D eigenvalue weighted by Gasteiger charge is 2.18. The minimum atomic E-state index is -3.66. The maximum atomic E-state index is 12.1. The summed E-state index contributed by atoms with van der Waals surface area (Å²) in [5.74, 6) is 0. The van der Waals surface area contributed by atoms with Crippen LogP contribution in [0, 0.1) is 6.92 Å². The Labute approximate surface area is 120 Å². The second kappa shape index (κ2) is 5.50. The van der Waals surface area contributed by atoms with Gasteiger partial charge in [0.25, 0.3) is 10.0 Å². The molecule has 0 amide bonds. The molecule has 0 aliphatic carbocycles. The molecule has 2 N–H and O–H groups in total. The molecule has 0 aliphatic heterocycles. The number of aliphatic hydroxyl groups excluding tert-OH is 1. The molecule has 0 fully saturated rings. The van der Waals surface area contributed by atoms with E-state index in [1.807, 2.05) is 6.92 Å². The van der Waals surface area contributed by atoms with Crippen LogP contribution in [0.2, 0.25) is 4.34 Å². The minimum Gasteiger partial charge on any atom is -0.392 e. The van der Waals surface area contributed by atoms with Gasteiger partial charge in [0, 0.05) is 5.56 Å². The number of nitrogens with one attached hydrogen (secondary N) is 1. The number of hydrogen-bond donors (Lipinski definition) is 2. The summed E-state index contributed by atoms with van der Waals surface area (Å²) in [5, 5.41) is 9.26. The number of rotatable bonds is 4. The van der Waals surface area contributed by atoms with Gasteiger partial charge in [-0.2, -0.15) is 0 Å². The highest BCUT2D eigenvalue weighted by Crippen LogP contribution is 2.28. The summed E-state index contributed by atoms with van der Waals surface area (Å²) >= 11 is 6.72. The average molecular weight is 318 g/mol. The maximum absolute atomic E-state index is 12.1. The summed E-state index contributed by atoms with van der Waals surface area (Å²) in [6, 6.07) is 8.12. The van der Waals surface area contributed by atoms with Crippen LogP contribution in [-0.4, -0.2) is 13.5 Å². The lowest BCUT2D eigenvalue weighted by molar-refractivity contribution is 0.282. The Hall–Kier alpha value is -1.08. The van der Waals surface area contributed by atoms with E-state index in [1.165, 1.54) is 12.1 Å². The van der Waals surface area contributed by atoms with Crippen molar-refractivity contribution in [2.45, 2.75) is 17.7 Å². The van der Waals surface area contributed by atoms with Crippen LogP contribution in [0.1, 0.15) is 11.1 Å². The van der Waals surface area contributed by atoms with Crippen LogP contribution in [0.4, 0.5) is 5.69 Å². The SMILES string of the molecule is Cc1ccc(NS(=O)(=O)c2ccc(Cl)s2)c(CO)c1. The smallest absolute Gasteiger partial charge is 0.271 e. The third-order valence-corrected chi connectivity index (χ3v) is 5.58. The molecular weight excluding hydrogens is 306 g/mol. The van der Waals surface area contributed by atoms with Gasteiger partial charge in [-0.05, 0) is 25.1 Å². The lowest BCUT2D eigenvalue weighted by Gasteiger charge is -2.11. The quantitative estimate of drug-likeness (QED) is 0.911. The first kappa shape index (κ1) is 14.3. The molecule has 1 aromatic heterocycles. The predicted molar refractivity (Wildman–Crippen MR) is 77.2 cm³/mol. The average Bonchev–Trinajstić information content (AvgIpc) is 2.79. The summed E-state index contributed by atoms with van der Waals surface area (Å²) in [4.78, 5) is 0. The van der Waals surface area contributed by atoms with E-state index in [0.717, 1.165) is 16.9 Å². The van der Waals surface area contributed by atoms with Crippen LogP contribution in [0.3, 0.4) is 0 Å². The Morgan fingerprint density at radius 1 is 1.32 bits per heavy atom. The minimum absolute atomic E-state index is 0.141. The Balaban J connectivity index is 2.35. The van der Waals surface area contributed by atoms with E-state index in [0.29, 0.717) is 15.6 Å². The normalized spacial score (nSPS) is 11.5. The summed E-state index contributed by atoms with van der Waals surface area (Å²) in [6.45, 7) is 1.64. The zero-order valence-electron chi connectivity index (χ0n) is 10.1. The van der Waals surface area contributed by atoms with Gasteiger partial charge in [0.2, 0.25) is 0 Å². The lowest BCUT2D eigenvalue weighted by atomic mass is 10.1. The van der Waals surface area contributed by atoms with Gasteiger partial charge in [-0.1, -0.05) is 29.3 Å². The molecule has 19 heavy (non-hydrogen) atoms. The van der Waals surface area contributed by atoms with Crippen LogP contribution in [0.5, 0.6) is 0 Å². The van der Waals surface area contributed by atoms with Gasteiger partial charge in [0.15, 0.2) is 0 Å². The molecule has 0 atom stereocenters. The molecule has 4 nitrogen and oxygen atoms in total. The first-order valence-corrected chi connectivity index (χ1v) is 8.08. The first-order chi connectivity index (χ1) is 8.92. The van der Waals surface area contributed by atoms with E-state index in [-0.39, 0.29) is 10.8 Å². The van der Waals surface area contributed by atoms with Gasteiger partial charge < -0.3 is 5.11 Å². The fourth-order valence-electron chi connectivity index (χ4n) is 1.59. The number of aryl methyl sites for hydroxylation is 1. The number of benzene rings is 1. The van der Waals surface area contributed by atoms with Crippen LogP contribution >= 0.6 is 22.9 Å². The van der Waals surface area contributed by atoms with Crippen LogP contribution < -0.4 is 4.72 Å². The molecule has 1 aromatic carbocycles. The maximum Gasteiger partial charge on any atom is 0.271 e. The molecule has 1 heterocycles. The second-order valence-corrected chi connectivity index (χ2v) is 7.61. The highest BCUT2D eigenvalue weighted by atomic mass is 35.5. The monoisotopic (exact) mass is 317 g/mol. The molecule has 0 spiro atoms. The molecule has 102 valence electrons.